The molecule has 0 amide bonds. The molecular weight excluding hydrogens is 306 g/mol. The summed E-state index contributed by atoms with van der Waals surface area (Å²) in [5.74, 6) is -2.51. The van der Waals surface area contributed by atoms with Gasteiger partial charge >= 0.3 is 5.97 Å². The Bertz CT molecular complexity index is 698. The molecule has 0 saturated heterocycles. The maximum Gasteiger partial charge on any atom is 0.335 e. The van der Waals surface area contributed by atoms with E-state index in [0.29, 0.717) is 0 Å². The first-order valence-corrected chi connectivity index (χ1v) is 6.21. The van der Waals surface area contributed by atoms with Gasteiger partial charge in [-0.3, -0.25) is 0 Å². The minimum atomic E-state index is -1.38. The molecule has 0 unspecified atom stereocenters. The zero-order chi connectivity index (χ0) is 17.0. The highest BCUT2D eigenvalue weighted by Gasteiger charge is 2.19. The molecule has 0 fully saturated rings. The molecule has 0 heterocycles. The highest BCUT2D eigenvalue weighted by atomic mass is 16.6. The molecule has 9 heteroatoms. The maximum absolute atomic E-state index is 11.7. The van der Waals surface area contributed by atoms with E-state index < -0.39 is 11.9 Å². The number of rotatable bonds is 5. The first-order chi connectivity index (χ1) is 10.9. The lowest BCUT2D eigenvalue weighted by atomic mass is 10.1. The average Bonchev–Trinajstić information content (AvgIpc) is 2.55. The number of anilines is 2. The fraction of sp³-hybridized carbons (Fsp3) is 0. The van der Waals surface area contributed by atoms with Gasteiger partial charge in [-0.15, -0.1) is 0 Å². The van der Waals surface area contributed by atoms with Crippen molar-refractivity contribution in [2.45, 2.75) is 0 Å². The summed E-state index contributed by atoms with van der Waals surface area (Å²) in [6.07, 6.45) is 0. The Morgan fingerprint density at radius 1 is 0.957 bits per heavy atom. The Kier molecular flexibility index (Phi) is 4.41. The normalized spacial score (nSPS) is 11.0. The van der Waals surface area contributed by atoms with Gasteiger partial charge in [0.25, 0.3) is 0 Å². The summed E-state index contributed by atoms with van der Waals surface area (Å²) < 4.78 is 0. The van der Waals surface area contributed by atoms with Crippen molar-refractivity contribution in [1.29, 1.82) is 0 Å². The molecule has 0 saturated carbocycles. The van der Waals surface area contributed by atoms with Crippen LogP contribution in [0.1, 0.15) is 20.7 Å². The van der Waals surface area contributed by atoms with Crippen LogP contribution in [0.2, 0.25) is 0 Å². The molecule has 2 rings (SSSR count). The third-order valence-electron chi connectivity index (χ3n) is 2.95. The van der Waals surface area contributed by atoms with Crippen molar-refractivity contribution in [2.75, 3.05) is 5.01 Å². The molecule has 0 radical (unpaired) electrons. The van der Waals surface area contributed by atoms with Crippen molar-refractivity contribution >= 4 is 23.3 Å². The van der Waals surface area contributed by atoms with Crippen LogP contribution in [0, 0.1) is 5.21 Å². The van der Waals surface area contributed by atoms with Gasteiger partial charge < -0.3 is 25.4 Å². The number of hydrogen-bond acceptors (Lipinski definition) is 5. The molecule has 0 aliphatic rings. The molecule has 0 aromatic heterocycles. The fourth-order valence-corrected chi connectivity index (χ4v) is 1.87. The average molecular weight is 316 g/mol. The molecule has 0 atom stereocenters. The second-order valence-corrected chi connectivity index (χ2v) is 4.34. The Morgan fingerprint density at radius 2 is 1.39 bits per heavy atom. The van der Waals surface area contributed by atoms with E-state index in [-0.39, 0.29) is 27.5 Å². The van der Waals surface area contributed by atoms with Crippen LogP contribution in [0.25, 0.3) is 0 Å². The summed E-state index contributed by atoms with van der Waals surface area (Å²) in [7, 11) is 0. The number of carbonyl (C=O) groups excluding carboxylic acids is 1. The zero-order valence-corrected chi connectivity index (χ0v) is 11.5. The third kappa shape index (κ3) is 3.35. The van der Waals surface area contributed by atoms with E-state index in [2.05, 4.69) is 5.28 Å². The number of carboxylic acid groups (broad SMARTS) is 2. The van der Waals surface area contributed by atoms with E-state index in [0.717, 1.165) is 5.01 Å². The number of nitrogens with zero attached hydrogens (tertiary/aromatic N) is 3. The SMILES string of the molecule is O=C([O-])c1ccc(N(c2ccc(C(=O)O)cc2)/[N+]([O-])=N/O)cc1. The number of hydrogen-bond donors (Lipinski definition) is 2. The molecular formula is C14H10N3O6-. The quantitative estimate of drug-likeness (QED) is 0.479. The van der Waals surface area contributed by atoms with Crippen molar-refractivity contribution in [3.63, 3.8) is 0 Å². The lowest BCUT2D eigenvalue weighted by Gasteiger charge is -2.18. The molecule has 118 valence electrons. The van der Waals surface area contributed by atoms with Gasteiger partial charge in [-0.1, -0.05) is 17.1 Å². The van der Waals surface area contributed by atoms with Gasteiger partial charge in [0, 0.05) is 0 Å². The van der Waals surface area contributed by atoms with Gasteiger partial charge in [0.05, 0.1) is 16.5 Å². The maximum atomic E-state index is 11.7. The highest BCUT2D eigenvalue weighted by molar-refractivity contribution is 5.88. The molecule has 2 aromatic rings. The van der Waals surface area contributed by atoms with Crippen LogP contribution in [0.4, 0.5) is 11.4 Å². The smallest absolute Gasteiger partial charge is 0.335 e. The van der Waals surface area contributed by atoms with Crippen LogP contribution in [-0.4, -0.2) is 27.2 Å². The second kappa shape index (κ2) is 6.43. The molecule has 0 aliphatic carbocycles. The van der Waals surface area contributed by atoms with E-state index >= 15 is 0 Å². The Morgan fingerprint density at radius 3 is 1.74 bits per heavy atom. The largest absolute Gasteiger partial charge is 0.568 e. The van der Waals surface area contributed by atoms with Crippen molar-refractivity contribution in [3.8, 4) is 0 Å². The van der Waals surface area contributed by atoms with E-state index in [1.165, 1.54) is 48.5 Å². The first kappa shape index (κ1) is 15.8. The van der Waals surface area contributed by atoms with Crippen molar-refractivity contribution < 1.29 is 30.0 Å². The van der Waals surface area contributed by atoms with Crippen molar-refractivity contribution in [1.82, 2.24) is 0 Å². The Labute approximate surface area is 129 Å². The van der Waals surface area contributed by atoms with E-state index in [4.69, 9.17) is 10.3 Å². The van der Waals surface area contributed by atoms with E-state index in [9.17, 15) is 19.9 Å². The molecule has 9 nitrogen and oxygen atoms in total. The minimum Gasteiger partial charge on any atom is -0.568 e. The van der Waals surface area contributed by atoms with Gasteiger partial charge in [-0.2, -0.15) is 0 Å². The van der Waals surface area contributed by atoms with Gasteiger partial charge in [0.2, 0.25) is 5.28 Å². The molecule has 0 aliphatic heterocycles. The molecule has 2 aromatic carbocycles. The first-order valence-electron chi connectivity index (χ1n) is 6.21. The van der Waals surface area contributed by atoms with Crippen molar-refractivity contribution in [3.05, 3.63) is 64.9 Å². The predicted octanol–water partition coefficient (Wildman–Crippen LogP) is 1.15. The number of benzene rings is 2. The number of carbonyl (C=O) groups is 2. The molecule has 23 heavy (non-hydrogen) atoms. The lowest BCUT2D eigenvalue weighted by Crippen LogP contribution is -2.26. The summed E-state index contributed by atoms with van der Waals surface area (Å²) in [5.41, 5.74) is 0.336. The second-order valence-electron chi connectivity index (χ2n) is 4.34. The lowest BCUT2D eigenvalue weighted by molar-refractivity contribution is -0.558. The molecule has 0 spiro atoms. The number of aromatic carboxylic acids is 2. The summed E-state index contributed by atoms with van der Waals surface area (Å²) >= 11 is 0. The molecule has 0 bridgehead atoms. The van der Waals surface area contributed by atoms with Gasteiger partial charge in [-0.05, 0) is 42.0 Å². The Balaban J connectivity index is 2.45. The number of hydrazine groups is 1. The predicted molar refractivity (Wildman–Crippen MR) is 74.2 cm³/mol. The van der Waals surface area contributed by atoms with Crippen LogP contribution < -0.4 is 10.1 Å². The summed E-state index contributed by atoms with van der Waals surface area (Å²) in [5, 5.41) is 43.5. The summed E-state index contributed by atoms with van der Waals surface area (Å²) in [4.78, 5) is 21.4. The highest BCUT2D eigenvalue weighted by Crippen LogP contribution is 2.26. The summed E-state index contributed by atoms with van der Waals surface area (Å²) in [6.45, 7) is 0. The van der Waals surface area contributed by atoms with Gasteiger partial charge in [0.15, 0.2) is 0 Å². The minimum absolute atomic E-state index is 0.0133. The fourth-order valence-electron chi connectivity index (χ4n) is 1.87. The van der Waals surface area contributed by atoms with Crippen LogP contribution in [0.5, 0.6) is 0 Å². The zero-order valence-electron chi connectivity index (χ0n) is 11.5. The monoisotopic (exact) mass is 316 g/mol. The molecule has 2 N–H and O–H groups in total. The van der Waals surface area contributed by atoms with Crippen LogP contribution in [0.15, 0.2) is 53.8 Å². The van der Waals surface area contributed by atoms with Crippen molar-refractivity contribution in [2.24, 2.45) is 5.28 Å². The topological polar surface area (TPSA) is 139 Å². The number of carboxylic acids is 2. The Hall–Kier alpha value is -3.62. The van der Waals surface area contributed by atoms with E-state index in [1.807, 2.05) is 0 Å². The van der Waals surface area contributed by atoms with Crippen LogP contribution in [0.3, 0.4) is 0 Å². The third-order valence-corrected chi connectivity index (χ3v) is 2.95. The summed E-state index contributed by atoms with van der Waals surface area (Å²) in [6, 6.07) is 10.3. The van der Waals surface area contributed by atoms with Gasteiger partial charge in [0.1, 0.15) is 11.4 Å². The van der Waals surface area contributed by atoms with Crippen LogP contribution in [-0.2, 0) is 0 Å². The standard InChI is InChI=1S/C14H11N3O6/c18-13(19)9-1-5-11(6-2-9)16(17(23)15-22)12-7-3-10(4-8-12)14(20)21/h1-8,22H,(H,18,19)(H,20,21)/p-1/b17-15-. The van der Waals surface area contributed by atoms with Gasteiger partial charge in [-0.25, -0.2) is 4.79 Å². The van der Waals surface area contributed by atoms with E-state index in [1.54, 1.807) is 0 Å². The van der Waals surface area contributed by atoms with Crippen LogP contribution >= 0.6 is 0 Å².